The first-order chi connectivity index (χ1) is 9.78. The van der Waals surface area contributed by atoms with Crippen molar-refractivity contribution in [3.8, 4) is 0 Å². The summed E-state index contributed by atoms with van der Waals surface area (Å²) in [5, 5.41) is 4.29. The molecule has 0 radical (unpaired) electrons. The monoisotopic (exact) mass is 276 g/mol. The molecule has 1 aliphatic carbocycles. The Balaban J connectivity index is 0.000000704. The number of aromatic amines is 1. The Morgan fingerprint density at radius 2 is 2.15 bits per heavy atom. The standard InChI is InChI=1S/C15H19FN2.C2H6/c1-17-7-6-10-2-4-14-12(8-10)13-9-11(16)3-5-15(13)18-14;1-2/h3,5,9-10,17-18H,2,4,6-8H2,1H3;1-2H3/t10-;/m0./s1. The van der Waals surface area contributed by atoms with E-state index in [0.717, 1.165) is 36.2 Å². The van der Waals surface area contributed by atoms with Gasteiger partial charge in [-0.05, 0) is 69.0 Å². The Kier molecular flexibility index (Phi) is 5.18. The second-order valence-corrected chi connectivity index (χ2v) is 5.27. The minimum Gasteiger partial charge on any atom is -0.358 e. The highest BCUT2D eigenvalue weighted by Gasteiger charge is 2.22. The Bertz CT molecular complexity index is 559. The number of halogens is 1. The molecule has 0 amide bonds. The Morgan fingerprint density at radius 3 is 2.90 bits per heavy atom. The van der Waals surface area contributed by atoms with E-state index in [1.54, 1.807) is 6.07 Å². The van der Waals surface area contributed by atoms with Gasteiger partial charge < -0.3 is 10.3 Å². The molecule has 3 rings (SSSR count). The van der Waals surface area contributed by atoms with Gasteiger partial charge in [0.1, 0.15) is 5.82 Å². The highest BCUT2D eigenvalue weighted by molar-refractivity contribution is 5.85. The summed E-state index contributed by atoms with van der Waals surface area (Å²) in [6.45, 7) is 5.07. The van der Waals surface area contributed by atoms with Gasteiger partial charge in [-0.25, -0.2) is 4.39 Å². The number of aromatic nitrogens is 1. The van der Waals surface area contributed by atoms with E-state index in [0.29, 0.717) is 0 Å². The van der Waals surface area contributed by atoms with E-state index in [4.69, 9.17) is 0 Å². The normalized spacial score (nSPS) is 17.5. The van der Waals surface area contributed by atoms with E-state index in [9.17, 15) is 4.39 Å². The largest absolute Gasteiger partial charge is 0.358 e. The lowest BCUT2D eigenvalue weighted by Crippen LogP contribution is -2.19. The van der Waals surface area contributed by atoms with Crippen LogP contribution in [0, 0.1) is 11.7 Å². The zero-order valence-electron chi connectivity index (χ0n) is 12.7. The summed E-state index contributed by atoms with van der Waals surface area (Å²) in [6, 6.07) is 5.06. The molecule has 0 unspecified atom stereocenters. The number of benzene rings is 1. The van der Waals surface area contributed by atoms with Crippen LogP contribution < -0.4 is 5.32 Å². The van der Waals surface area contributed by atoms with Crippen LogP contribution in [0.5, 0.6) is 0 Å². The van der Waals surface area contributed by atoms with E-state index >= 15 is 0 Å². The molecular weight excluding hydrogens is 251 g/mol. The average Bonchev–Trinajstić information content (AvgIpc) is 2.84. The van der Waals surface area contributed by atoms with Gasteiger partial charge in [0.25, 0.3) is 0 Å². The molecule has 0 spiro atoms. The predicted octanol–water partition coefficient (Wildman–Crippen LogP) is 4.05. The van der Waals surface area contributed by atoms with Crippen molar-refractivity contribution < 1.29 is 4.39 Å². The van der Waals surface area contributed by atoms with Crippen LogP contribution in [0.4, 0.5) is 4.39 Å². The fraction of sp³-hybridized carbons (Fsp3) is 0.529. The molecule has 0 aliphatic heterocycles. The average molecular weight is 276 g/mol. The molecule has 0 saturated carbocycles. The first kappa shape index (κ1) is 15.0. The molecule has 0 saturated heterocycles. The number of hydrogen-bond donors (Lipinski definition) is 2. The van der Waals surface area contributed by atoms with E-state index < -0.39 is 0 Å². The summed E-state index contributed by atoms with van der Waals surface area (Å²) in [6.07, 6.45) is 4.63. The fourth-order valence-electron chi connectivity index (χ4n) is 3.06. The van der Waals surface area contributed by atoms with Gasteiger partial charge in [0, 0.05) is 16.6 Å². The smallest absolute Gasteiger partial charge is 0.123 e. The summed E-state index contributed by atoms with van der Waals surface area (Å²) < 4.78 is 13.4. The van der Waals surface area contributed by atoms with Crippen molar-refractivity contribution in [2.45, 2.75) is 39.5 Å². The number of H-pyrrole nitrogens is 1. The Morgan fingerprint density at radius 1 is 1.35 bits per heavy atom. The third kappa shape index (κ3) is 3.04. The summed E-state index contributed by atoms with van der Waals surface area (Å²) >= 11 is 0. The highest BCUT2D eigenvalue weighted by Crippen LogP contribution is 2.33. The first-order valence-electron chi connectivity index (χ1n) is 7.71. The summed E-state index contributed by atoms with van der Waals surface area (Å²) in [5.74, 6) is 0.592. The maximum Gasteiger partial charge on any atom is 0.123 e. The molecule has 0 fully saturated rings. The number of nitrogens with one attached hydrogen (secondary N) is 2. The van der Waals surface area contributed by atoms with Crippen LogP contribution in [0.1, 0.15) is 37.9 Å². The minimum atomic E-state index is -0.137. The second kappa shape index (κ2) is 6.89. The molecule has 0 bridgehead atoms. The van der Waals surface area contributed by atoms with Gasteiger partial charge in [-0.1, -0.05) is 13.8 Å². The van der Waals surface area contributed by atoms with Crippen LogP contribution in [-0.2, 0) is 12.8 Å². The molecule has 1 heterocycles. The molecule has 2 N–H and O–H groups in total. The number of fused-ring (bicyclic) bond motifs is 3. The number of rotatable bonds is 3. The van der Waals surface area contributed by atoms with Gasteiger partial charge >= 0.3 is 0 Å². The van der Waals surface area contributed by atoms with Gasteiger partial charge in [0.05, 0.1) is 0 Å². The van der Waals surface area contributed by atoms with Crippen LogP contribution in [0.15, 0.2) is 18.2 Å². The molecule has 110 valence electrons. The van der Waals surface area contributed by atoms with E-state index in [2.05, 4.69) is 10.3 Å². The maximum atomic E-state index is 13.4. The molecule has 2 aromatic rings. The Labute approximate surface area is 120 Å². The van der Waals surface area contributed by atoms with Crippen molar-refractivity contribution in [2.24, 2.45) is 5.92 Å². The van der Waals surface area contributed by atoms with Crippen molar-refractivity contribution in [3.63, 3.8) is 0 Å². The van der Waals surface area contributed by atoms with E-state index in [-0.39, 0.29) is 5.82 Å². The molecule has 1 atom stereocenters. The van der Waals surface area contributed by atoms with Gasteiger partial charge in [0.2, 0.25) is 0 Å². The summed E-state index contributed by atoms with van der Waals surface area (Å²) in [7, 11) is 2.00. The summed E-state index contributed by atoms with van der Waals surface area (Å²) in [5.41, 5.74) is 3.74. The SMILES string of the molecule is CC.CNCC[C@@H]1CCc2[nH]c3ccc(F)cc3c2C1. The van der Waals surface area contributed by atoms with Crippen LogP contribution in [0.2, 0.25) is 0 Å². The fourth-order valence-corrected chi connectivity index (χ4v) is 3.06. The van der Waals surface area contributed by atoms with Crippen molar-refractivity contribution in [1.29, 1.82) is 0 Å². The van der Waals surface area contributed by atoms with Crippen LogP contribution in [0.25, 0.3) is 10.9 Å². The maximum absolute atomic E-state index is 13.4. The van der Waals surface area contributed by atoms with Crippen molar-refractivity contribution in [2.75, 3.05) is 13.6 Å². The van der Waals surface area contributed by atoms with Crippen LogP contribution in [-0.4, -0.2) is 18.6 Å². The van der Waals surface area contributed by atoms with E-state index in [1.165, 1.54) is 30.2 Å². The third-order valence-corrected chi connectivity index (χ3v) is 4.05. The molecule has 1 aromatic carbocycles. The predicted molar refractivity (Wildman–Crippen MR) is 83.7 cm³/mol. The number of aryl methyl sites for hydroxylation is 1. The zero-order chi connectivity index (χ0) is 14.5. The molecule has 3 heteroatoms. The molecule has 1 aliphatic rings. The van der Waals surface area contributed by atoms with E-state index in [1.807, 2.05) is 27.0 Å². The van der Waals surface area contributed by atoms with Crippen molar-refractivity contribution in [3.05, 3.63) is 35.3 Å². The lowest BCUT2D eigenvalue weighted by atomic mass is 9.84. The molecule has 2 nitrogen and oxygen atoms in total. The Hall–Kier alpha value is -1.35. The third-order valence-electron chi connectivity index (χ3n) is 4.05. The lowest BCUT2D eigenvalue weighted by Gasteiger charge is -2.22. The zero-order valence-corrected chi connectivity index (χ0v) is 12.7. The van der Waals surface area contributed by atoms with Gasteiger partial charge in [0.15, 0.2) is 0 Å². The van der Waals surface area contributed by atoms with Crippen LogP contribution in [0.3, 0.4) is 0 Å². The van der Waals surface area contributed by atoms with Gasteiger partial charge in [-0.2, -0.15) is 0 Å². The van der Waals surface area contributed by atoms with Crippen molar-refractivity contribution in [1.82, 2.24) is 10.3 Å². The van der Waals surface area contributed by atoms with Gasteiger partial charge in [-0.15, -0.1) is 0 Å². The number of hydrogen-bond acceptors (Lipinski definition) is 1. The quantitative estimate of drug-likeness (QED) is 0.869. The minimum absolute atomic E-state index is 0.137. The van der Waals surface area contributed by atoms with Gasteiger partial charge in [-0.3, -0.25) is 0 Å². The van der Waals surface area contributed by atoms with Crippen LogP contribution >= 0.6 is 0 Å². The topological polar surface area (TPSA) is 27.8 Å². The lowest BCUT2D eigenvalue weighted by molar-refractivity contribution is 0.420. The molecule has 1 aromatic heterocycles. The molecular formula is C17H25FN2. The second-order valence-electron chi connectivity index (χ2n) is 5.27. The molecule has 20 heavy (non-hydrogen) atoms. The first-order valence-corrected chi connectivity index (χ1v) is 7.71. The van der Waals surface area contributed by atoms with Crippen molar-refractivity contribution >= 4 is 10.9 Å². The summed E-state index contributed by atoms with van der Waals surface area (Å²) in [4.78, 5) is 3.44. The highest BCUT2D eigenvalue weighted by atomic mass is 19.1.